The lowest BCUT2D eigenvalue weighted by Gasteiger charge is -2.27. The summed E-state index contributed by atoms with van der Waals surface area (Å²) in [5, 5.41) is 5.95. The van der Waals surface area contributed by atoms with E-state index >= 15 is 0 Å². The van der Waals surface area contributed by atoms with Crippen LogP contribution in [0.15, 0.2) is 53.4 Å². The molecule has 1 unspecified atom stereocenters. The molecule has 0 bridgehead atoms. The highest BCUT2D eigenvalue weighted by molar-refractivity contribution is 7.89. The second-order valence-electron chi connectivity index (χ2n) is 7.17. The van der Waals surface area contributed by atoms with Gasteiger partial charge >= 0.3 is 0 Å². The van der Waals surface area contributed by atoms with Gasteiger partial charge in [0.05, 0.1) is 4.90 Å². The van der Waals surface area contributed by atoms with Crippen LogP contribution in [-0.4, -0.2) is 37.8 Å². The Hall–Kier alpha value is -2.38. The summed E-state index contributed by atoms with van der Waals surface area (Å²) in [6, 6.07) is 13.9. The number of rotatable bonds is 6. The average Bonchev–Trinajstić information content (AvgIpc) is 2.70. The molecular formula is C21H27N3O3S. The minimum absolute atomic E-state index is 0.188. The van der Waals surface area contributed by atoms with E-state index in [4.69, 9.17) is 0 Å². The van der Waals surface area contributed by atoms with Crippen molar-refractivity contribution in [3.05, 3.63) is 54.1 Å². The number of sulfonamides is 1. The molecule has 28 heavy (non-hydrogen) atoms. The molecule has 1 aliphatic heterocycles. The van der Waals surface area contributed by atoms with Crippen molar-refractivity contribution >= 4 is 27.3 Å². The van der Waals surface area contributed by atoms with Crippen molar-refractivity contribution in [3.63, 3.8) is 0 Å². The zero-order valence-corrected chi connectivity index (χ0v) is 17.1. The number of carbonyl (C=O) groups excluding carboxylic acids is 1. The third-order valence-electron chi connectivity index (χ3n) is 4.94. The van der Waals surface area contributed by atoms with Crippen LogP contribution in [0.5, 0.6) is 0 Å². The zero-order chi connectivity index (χ0) is 20.1. The molecule has 1 fully saturated rings. The largest absolute Gasteiger partial charge is 0.374 e. The van der Waals surface area contributed by atoms with Gasteiger partial charge < -0.3 is 10.6 Å². The van der Waals surface area contributed by atoms with E-state index in [-0.39, 0.29) is 5.91 Å². The fraction of sp³-hybridized carbons (Fsp3) is 0.381. The van der Waals surface area contributed by atoms with Gasteiger partial charge in [0.2, 0.25) is 15.9 Å². The Balaban J connectivity index is 1.74. The van der Waals surface area contributed by atoms with Crippen LogP contribution in [0.1, 0.15) is 31.7 Å². The highest BCUT2D eigenvalue weighted by Crippen LogP contribution is 2.26. The number of benzene rings is 2. The summed E-state index contributed by atoms with van der Waals surface area (Å²) in [6.45, 7) is 4.67. The molecule has 0 aliphatic carbocycles. The van der Waals surface area contributed by atoms with Gasteiger partial charge in [0.15, 0.2) is 0 Å². The molecule has 150 valence electrons. The Morgan fingerprint density at radius 2 is 1.68 bits per heavy atom. The molecule has 0 radical (unpaired) electrons. The molecule has 1 saturated heterocycles. The molecule has 3 rings (SSSR count). The molecule has 2 aromatic carbocycles. The van der Waals surface area contributed by atoms with Gasteiger partial charge in [-0.05, 0) is 56.5 Å². The van der Waals surface area contributed by atoms with E-state index in [0.717, 1.165) is 24.9 Å². The van der Waals surface area contributed by atoms with Gasteiger partial charge in [-0.2, -0.15) is 4.31 Å². The maximum absolute atomic E-state index is 13.0. The molecule has 0 saturated carbocycles. The van der Waals surface area contributed by atoms with E-state index < -0.39 is 16.1 Å². The third-order valence-corrected chi connectivity index (χ3v) is 6.98. The summed E-state index contributed by atoms with van der Waals surface area (Å²) in [5.74, 6) is -0.188. The quantitative estimate of drug-likeness (QED) is 0.775. The molecule has 2 N–H and O–H groups in total. The third kappa shape index (κ3) is 4.72. The lowest BCUT2D eigenvalue weighted by atomic mass is 10.2. The van der Waals surface area contributed by atoms with Crippen molar-refractivity contribution in [2.75, 3.05) is 23.7 Å². The van der Waals surface area contributed by atoms with Crippen molar-refractivity contribution in [2.45, 2.75) is 44.0 Å². The normalized spacial score (nSPS) is 16.4. The van der Waals surface area contributed by atoms with Gasteiger partial charge in [-0.25, -0.2) is 8.42 Å². The number of amides is 1. The van der Waals surface area contributed by atoms with E-state index in [1.165, 1.54) is 0 Å². The summed E-state index contributed by atoms with van der Waals surface area (Å²) >= 11 is 0. The van der Waals surface area contributed by atoms with Gasteiger partial charge in [-0.1, -0.05) is 30.7 Å². The van der Waals surface area contributed by atoms with E-state index in [1.54, 1.807) is 36.4 Å². The highest BCUT2D eigenvalue weighted by Gasteiger charge is 2.27. The van der Waals surface area contributed by atoms with Gasteiger partial charge in [0.25, 0.3) is 0 Å². The molecule has 0 aromatic heterocycles. The first-order valence-electron chi connectivity index (χ1n) is 9.61. The summed E-state index contributed by atoms with van der Waals surface area (Å²) in [7, 11) is -3.53. The molecule has 1 atom stereocenters. The predicted molar refractivity (Wildman–Crippen MR) is 112 cm³/mol. The van der Waals surface area contributed by atoms with Crippen LogP contribution in [0.4, 0.5) is 11.4 Å². The SMILES string of the molecule is Cc1ccc(NC(C)C(=O)Nc2ccccc2)cc1S(=O)(=O)N1CCCCC1. The number of hydrogen-bond acceptors (Lipinski definition) is 4. The Labute approximate surface area is 167 Å². The van der Waals surface area contributed by atoms with Gasteiger partial charge in [-0.15, -0.1) is 0 Å². The van der Waals surface area contributed by atoms with Crippen LogP contribution in [0, 0.1) is 6.92 Å². The maximum Gasteiger partial charge on any atom is 0.246 e. The fourth-order valence-corrected chi connectivity index (χ4v) is 5.07. The lowest BCUT2D eigenvalue weighted by Crippen LogP contribution is -2.36. The first-order valence-corrected chi connectivity index (χ1v) is 11.1. The molecule has 7 heteroatoms. The first kappa shape index (κ1) is 20.4. The lowest BCUT2D eigenvalue weighted by molar-refractivity contribution is -0.116. The van der Waals surface area contributed by atoms with E-state index in [1.807, 2.05) is 30.3 Å². The molecule has 1 amide bonds. The minimum Gasteiger partial charge on any atom is -0.374 e. The smallest absolute Gasteiger partial charge is 0.246 e. The number of nitrogens with one attached hydrogen (secondary N) is 2. The number of aryl methyl sites for hydroxylation is 1. The van der Waals surface area contributed by atoms with Crippen molar-refractivity contribution in [3.8, 4) is 0 Å². The molecular weight excluding hydrogens is 374 g/mol. The molecule has 1 heterocycles. The number of anilines is 2. The van der Waals surface area contributed by atoms with E-state index in [9.17, 15) is 13.2 Å². The number of para-hydroxylation sites is 1. The van der Waals surface area contributed by atoms with Crippen molar-refractivity contribution in [1.82, 2.24) is 4.31 Å². The van der Waals surface area contributed by atoms with Crippen LogP contribution < -0.4 is 10.6 Å². The Bertz CT molecular complexity index is 923. The van der Waals surface area contributed by atoms with Crippen LogP contribution in [0.2, 0.25) is 0 Å². The van der Waals surface area contributed by atoms with Crippen LogP contribution in [-0.2, 0) is 14.8 Å². The highest BCUT2D eigenvalue weighted by atomic mass is 32.2. The monoisotopic (exact) mass is 401 g/mol. The summed E-state index contributed by atoms with van der Waals surface area (Å²) in [5.41, 5.74) is 2.04. The Morgan fingerprint density at radius 1 is 1.00 bits per heavy atom. The van der Waals surface area contributed by atoms with E-state index in [0.29, 0.717) is 29.2 Å². The molecule has 6 nitrogen and oxygen atoms in total. The van der Waals surface area contributed by atoms with E-state index in [2.05, 4.69) is 10.6 Å². The number of piperidine rings is 1. The molecule has 0 spiro atoms. The van der Waals surface area contributed by atoms with Crippen LogP contribution >= 0.6 is 0 Å². The number of hydrogen-bond donors (Lipinski definition) is 2. The predicted octanol–water partition coefficient (Wildman–Crippen LogP) is 3.61. The minimum atomic E-state index is -3.53. The summed E-state index contributed by atoms with van der Waals surface area (Å²) in [4.78, 5) is 12.7. The van der Waals surface area contributed by atoms with Gasteiger partial charge in [0.1, 0.15) is 6.04 Å². The summed E-state index contributed by atoms with van der Waals surface area (Å²) < 4.78 is 27.6. The van der Waals surface area contributed by atoms with Gasteiger partial charge in [0, 0.05) is 24.5 Å². The second kappa shape index (κ2) is 8.75. The number of nitrogens with zero attached hydrogens (tertiary/aromatic N) is 1. The van der Waals surface area contributed by atoms with Crippen molar-refractivity contribution < 1.29 is 13.2 Å². The van der Waals surface area contributed by atoms with Crippen LogP contribution in [0.25, 0.3) is 0 Å². The van der Waals surface area contributed by atoms with Crippen LogP contribution in [0.3, 0.4) is 0 Å². The van der Waals surface area contributed by atoms with Gasteiger partial charge in [-0.3, -0.25) is 4.79 Å². The summed E-state index contributed by atoms with van der Waals surface area (Å²) in [6.07, 6.45) is 2.86. The Morgan fingerprint density at radius 3 is 2.36 bits per heavy atom. The molecule has 2 aromatic rings. The standard InChI is InChI=1S/C21H27N3O3S/c1-16-11-12-19(15-20(16)28(26,27)24-13-7-4-8-14-24)22-17(2)21(25)23-18-9-5-3-6-10-18/h3,5-6,9-12,15,17,22H,4,7-8,13-14H2,1-2H3,(H,23,25). The fourth-order valence-electron chi connectivity index (χ4n) is 3.30. The van der Waals surface area contributed by atoms with Crippen molar-refractivity contribution in [2.24, 2.45) is 0 Å². The number of carbonyl (C=O) groups is 1. The Kier molecular flexibility index (Phi) is 6.36. The average molecular weight is 402 g/mol. The van der Waals surface area contributed by atoms with Crippen molar-refractivity contribution in [1.29, 1.82) is 0 Å². The zero-order valence-electron chi connectivity index (χ0n) is 16.3. The topological polar surface area (TPSA) is 78.5 Å². The first-order chi connectivity index (χ1) is 13.4. The molecule has 1 aliphatic rings. The second-order valence-corrected chi connectivity index (χ2v) is 9.07. The maximum atomic E-state index is 13.0.